The Labute approximate surface area is 122 Å². The molecular weight excluding hydrogens is 300 g/mol. The number of furan rings is 1. The van der Waals surface area contributed by atoms with E-state index in [1.807, 2.05) is 0 Å². The molecule has 0 saturated heterocycles. The summed E-state index contributed by atoms with van der Waals surface area (Å²) in [5.74, 6) is 0.767. The van der Waals surface area contributed by atoms with Crippen LogP contribution in [-0.2, 0) is 23.1 Å². The highest BCUT2D eigenvalue weighted by Crippen LogP contribution is 2.20. The van der Waals surface area contributed by atoms with Gasteiger partial charge in [-0.15, -0.1) is 0 Å². The number of nitrogens with one attached hydrogen (secondary N) is 1. The van der Waals surface area contributed by atoms with E-state index in [1.54, 1.807) is 31.2 Å². The summed E-state index contributed by atoms with van der Waals surface area (Å²) in [7, 11) is -3.62. The molecular formula is C13H15ClN2O3S. The highest BCUT2D eigenvalue weighted by molar-refractivity contribution is 7.89. The van der Waals surface area contributed by atoms with Crippen LogP contribution in [0, 0.1) is 6.92 Å². The van der Waals surface area contributed by atoms with Crippen LogP contribution in [0.4, 0.5) is 0 Å². The third-order valence-corrected chi connectivity index (χ3v) is 4.55. The summed E-state index contributed by atoms with van der Waals surface area (Å²) in [4.78, 5) is 0.118. The van der Waals surface area contributed by atoms with E-state index in [1.165, 1.54) is 6.07 Å². The molecule has 0 atom stereocenters. The minimum Gasteiger partial charge on any atom is -0.464 e. The molecule has 0 saturated carbocycles. The summed E-state index contributed by atoms with van der Waals surface area (Å²) >= 11 is 5.77. The summed E-state index contributed by atoms with van der Waals surface area (Å²) in [6.07, 6.45) is 0. The highest BCUT2D eigenvalue weighted by atomic mass is 35.5. The van der Waals surface area contributed by atoms with Crippen LogP contribution in [0.15, 0.2) is 39.6 Å². The Balaban J connectivity index is 2.14. The van der Waals surface area contributed by atoms with Crippen LogP contribution < -0.4 is 10.5 Å². The number of hydrogen-bond acceptors (Lipinski definition) is 4. The first kappa shape index (κ1) is 15.1. The molecule has 7 heteroatoms. The zero-order chi connectivity index (χ0) is 14.8. The maximum Gasteiger partial charge on any atom is 0.244 e. The summed E-state index contributed by atoms with van der Waals surface area (Å²) in [6.45, 7) is 1.94. The lowest BCUT2D eigenvalue weighted by atomic mass is 10.2. The van der Waals surface area contributed by atoms with E-state index in [2.05, 4.69) is 4.72 Å². The predicted molar refractivity (Wildman–Crippen MR) is 76.8 cm³/mol. The van der Waals surface area contributed by atoms with Gasteiger partial charge in [-0.2, -0.15) is 0 Å². The highest BCUT2D eigenvalue weighted by Gasteiger charge is 2.20. The van der Waals surface area contributed by atoms with Crippen molar-refractivity contribution >= 4 is 21.6 Å². The van der Waals surface area contributed by atoms with E-state index < -0.39 is 10.0 Å². The van der Waals surface area contributed by atoms with Gasteiger partial charge in [0, 0.05) is 17.6 Å². The SMILES string of the molecule is Cc1oc(CN)cc1S(=O)(=O)NCc1ccc(Cl)cc1. The molecule has 2 rings (SSSR count). The lowest BCUT2D eigenvalue weighted by molar-refractivity contribution is 0.478. The molecule has 1 heterocycles. The van der Waals surface area contributed by atoms with Crippen molar-refractivity contribution in [1.29, 1.82) is 0 Å². The molecule has 5 nitrogen and oxygen atoms in total. The molecule has 3 N–H and O–H groups in total. The molecule has 20 heavy (non-hydrogen) atoms. The van der Waals surface area contributed by atoms with Crippen LogP contribution in [-0.4, -0.2) is 8.42 Å². The number of nitrogens with two attached hydrogens (primary N) is 1. The topological polar surface area (TPSA) is 85.3 Å². The first-order chi connectivity index (χ1) is 9.42. The van der Waals surface area contributed by atoms with Gasteiger partial charge in [0.1, 0.15) is 16.4 Å². The summed E-state index contributed by atoms with van der Waals surface area (Å²) in [6, 6.07) is 8.39. The molecule has 1 aromatic heterocycles. The van der Waals surface area contributed by atoms with Crippen molar-refractivity contribution in [1.82, 2.24) is 4.72 Å². The van der Waals surface area contributed by atoms with E-state index in [-0.39, 0.29) is 18.0 Å². The van der Waals surface area contributed by atoms with Gasteiger partial charge in [0.25, 0.3) is 0 Å². The second-order valence-corrected chi connectivity index (χ2v) is 6.46. The largest absolute Gasteiger partial charge is 0.464 e. The Hall–Kier alpha value is -1.34. The third-order valence-electron chi connectivity index (χ3n) is 2.79. The first-order valence-electron chi connectivity index (χ1n) is 5.96. The zero-order valence-corrected chi connectivity index (χ0v) is 12.5. The van der Waals surface area contributed by atoms with Crippen molar-refractivity contribution in [2.75, 3.05) is 0 Å². The van der Waals surface area contributed by atoms with Gasteiger partial charge in [-0.05, 0) is 24.6 Å². The molecule has 0 unspecified atom stereocenters. The smallest absolute Gasteiger partial charge is 0.244 e. The van der Waals surface area contributed by atoms with Gasteiger partial charge in [0.15, 0.2) is 0 Å². The van der Waals surface area contributed by atoms with E-state index in [4.69, 9.17) is 21.8 Å². The molecule has 0 bridgehead atoms. The van der Waals surface area contributed by atoms with Crippen molar-refractivity contribution in [2.24, 2.45) is 5.73 Å². The fourth-order valence-electron chi connectivity index (χ4n) is 1.75. The van der Waals surface area contributed by atoms with Crippen LogP contribution in [0.3, 0.4) is 0 Å². The Bertz CT molecular complexity index is 693. The van der Waals surface area contributed by atoms with Gasteiger partial charge in [-0.3, -0.25) is 0 Å². The van der Waals surface area contributed by atoms with Gasteiger partial charge < -0.3 is 10.2 Å². The number of sulfonamides is 1. The van der Waals surface area contributed by atoms with Crippen LogP contribution in [0.1, 0.15) is 17.1 Å². The third kappa shape index (κ3) is 3.40. The molecule has 0 fully saturated rings. The molecule has 0 aliphatic heterocycles. The van der Waals surface area contributed by atoms with E-state index >= 15 is 0 Å². The van der Waals surface area contributed by atoms with Gasteiger partial charge in [-0.25, -0.2) is 13.1 Å². The molecule has 2 aromatic rings. The van der Waals surface area contributed by atoms with Gasteiger partial charge >= 0.3 is 0 Å². The van der Waals surface area contributed by atoms with E-state index in [0.717, 1.165) is 5.56 Å². The van der Waals surface area contributed by atoms with Gasteiger partial charge in [-0.1, -0.05) is 23.7 Å². The monoisotopic (exact) mass is 314 g/mol. The molecule has 0 aliphatic carbocycles. The Morgan fingerprint density at radius 1 is 1.30 bits per heavy atom. The number of benzene rings is 1. The second-order valence-electron chi connectivity index (χ2n) is 4.29. The average Bonchev–Trinajstić information content (AvgIpc) is 2.80. The maximum absolute atomic E-state index is 12.2. The summed E-state index contributed by atoms with van der Waals surface area (Å²) < 4.78 is 32.1. The fraction of sp³-hybridized carbons (Fsp3) is 0.231. The molecule has 0 aliphatic rings. The van der Waals surface area contributed by atoms with Crippen LogP contribution >= 0.6 is 11.6 Å². The number of rotatable bonds is 5. The number of aryl methyl sites for hydroxylation is 1. The van der Waals surface area contributed by atoms with E-state index in [9.17, 15) is 8.42 Å². The van der Waals surface area contributed by atoms with Crippen LogP contribution in [0.25, 0.3) is 0 Å². The molecule has 108 valence electrons. The van der Waals surface area contributed by atoms with Crippen molar-refractivity contribution in [2.45, 2.75) is 24.9 Å². The maximum atomic E-state index is 12.2. The minimum absolute atomic E-state index is 0.118. The van der Waals surface area contributed by atoms with Crippen molar-refractivity contribution in [3.63, 3.8) is 0 Å². The molecule has 0 radical (unpaired) electrons. The van der Waals surface area contributed by atoms with Gasteiger partial charge in [0.2, 0.25) is 10.0 Å². The Morgan fingerprint density at radius 3 is 2.50 bits per heavy atom. The van der Waals surface area contributed by atoms with Gasteiger partial charge in [0.05, 0.1) is 6.54 Å². The minimum atomic E-state index is -3.62. The quantitative estimate of drug-likeness (QED) is 0.885. The summed E-state index contributed by atoms with van der Waals surface area (Å²) in [5, 5.41) is 0.606. The van der Waals surface area contributed by atoms with Crippen molar-refractivity contribution < 1.29 is 12.8 Å². The second kappa shape index (κ2) is 5.97. The van der Waals surface area contributed by atoms with Crippen molar-refractivity contribution in [3.8, 4) is 0 Å². The lowest BCUT2D eigenvalue weighted by Crippen LogP contribution is -2.23. The van der Waals surface area contributed by atoms with E-state index in [0.29, 0.717) is 16.5 Å². The molecule has 0 amide bonds. The van der Waals surface area contributed by atoms with Crippen molar-refractivity contribution in [3.05, 3.63) is 52.4 Å². The molecule has 0 spiro atoms. The standard InChI is InChI=1S/C13H15ClN2O3S/c1-9-13(6-12(7-15)19-9)20(17,18)16-8-10-2-4-11(14)5-3-10/h2-6,16H,7-8,15H2,1H3. The Kier molecular flexibility index (Phi) is 4.49. The lowest BCUT2D eigenvalue weighted by Gasteiger charge is -2.05. The number of halogens is 1. The average molecular weight is 315 g/mol. The Morgan fingerprint density at radius 2 is 1.95 bits per heavy atom. The summed E-state index contributed by atoms with van der Waals surface area (Å²) in [5.41, 5.74) is 6.25. The number of hydrogen-bond donors (Lipinski definition) is 2. The zero-order valence-electron chi connectivity index (χ0n) is 10.9. The van der Waals surface area contributed by atoms with Crippen LogP contribution in [0.2, 0.25) is 5.02 Å². The fourth-order valence-corrected chi connectivity index (χ4v) is 3.09. The predicted octanol–water partition coefficient (Wildman–Crippen LogP) is 2.18. The molecule has 1 aromatic carbocycles. The van der Waals surface area contributed by atoms with Crippen LogP contribution in [0.5, 0.6) is 0 Å². The normalized spacial score (nSPS) is 11.8. The first-order valence-corrected chi connectivity index (χ1v) is 7.82.